The number of halogens is 1. The van der Waals surface area contributed by atoms with Crippen molar-refractivity contribution < 1.29 is 0 Å². The molecule has 3 rings (SSSR count). The summed E-state index contributed by atoms with van der Waals surface area (Å²) in [5, 5.41) is 0. The van der Waals surface area contributed by atoms with Crippen LogP contribution >= 0.6 is 27.7 Å². The Bertz CT molecular complexity index is 638. The van der Waals surface area contributed by atoms with Gasteiger partial charge < -0.3 is 4.57 Å². The monoisotopic (exact) mass is 321 g/mol. The van der Waals surface area contributed by atoms with Crippen LogP contribution in [-0.2, 0) is 6.54 Å². The summed E-state index contributed by atoms with van der Waals surface area (Å²) in [6, 6.07) is 12.2. The highest BCUT2D eigenvalue weighted by Gasteiger charge is 2.23. The van der Waals surface area contributed by atoms with Crippen LogP contribution in [0.4, 0.5) is 0 Å². The zero-order valence-electron chi connectivity index (χ0n) is 9.67. The molecule has 0 saturated heterocycles. The van der Waals surface area contributed by atoms with Crippen LogP contribution in [0.2, 0.25) is 0 Å². The molecule has 2 nitrogen and oxygen atoms in total. The highest BCUT2D eigenvalue weighted by Crippen LogP contribution is 2.39. The standard InChI is InChI=1S/C14H12BrNOS/c15-12-5-3-7-16(14(12)17)8-10-9-18-13-6-2-1-4-11(10)13/h1-7,10H,8-9H2. The summed E-state index contributed by atoms with van der Waals surface area (Å²) in [5.74, 6) is 1.48. The molecule has 0 N–H and O–H groups in total. The van der Waals surface area contributed by atoms with Crippen LogP contribution in [0.5, 0.6) is 0 Å². The van der Waals surface area contributed by atoms with E-state index < -0.39 is 0 Å². The van der Waals surface area contributed by atoms with E-state index >= 15 is 0 Å². The topological polar surface area (TPSA) is 22.0 Å². The quantitative estimate of drug-likeness (QED) is 0.844. The fourth-order valence-electron chi connectivity index (χ4n) is 2.27. The number of fused-ring (bicyclic) bond motifs is 1. The van der Waals surface area contributed by atoms with Crippen LogP contribution in [0.15, 0.2) is 56.8 Å². The van der Waals surface area contributed by atoms with Gasteiger partial charge in [0.2, 0.25) is 0 Å². The molecule has 0 fully saturated rings. The van der Waals surface area contributed by atoms with Crippen molar-refractivity contribution in [3.8, 4) is 0 Å². The van der Waals surface area contributed by atoms with E-state index in [1.807, 2.05) is 24.0 Å². The minimum Gasteiger partial charge on any atom is -0.314 e. The van der Waals surface area contributed by atoms with E-state index in [0.29, 0.717) is 10.4 Å². The van der Waals surface area contributed by atoms with Gasteiger partial charge in [0.15, 0.2) is 0 Å². The van der Waals surface area contributed by atoms with E-state index in [2.05, 4.69) is 40.2 Å². The Hall–Kier alpha value is -1.00. The van der Waals surface area contributed by atoms with E-state index in [4.69, 9.17) is 0 Å². The average Bonchev–Trinajstić information content (AvgIpc) is 2.79. The molecule has 1 aliphatic rings. The van der Waals surface area contributed by atoms with Crippen LogP contribution in [-0.4, -0.2) is 10.3 Å². The third kappa shape index (κ3) is 2.15. The maximum Gasteiger partial charge on any atom is 0.264 e. The van der Waals surface area contributed by atoms with Crippen molar-refractivity contribution >= 4 is 27.7 Å². The number of benzene rings is 1. The molecule has 0 spiro atoms. The molecule has 1 aromatic heterocycles. The highest BCUT2D eigenvalue weighted by molar-refractivity contribution is 9.10. The zero-order chi connectivity index (χ0) is 12.5. The Labute approximate surface area is 118 Å². The van der Waals surface area contributed by atoms with E-state index in [-0.39, 0.29) is 5.56 Å². The molecule has 2 aromatic rings. The van der Waals surface area contributed by atoms with Crippen molar-refractivity contribution in [2.75, 3.05) is 5.75 Å². The molecule has 0 aliphatic carbocycles. The van der Waals surface area contributed by atoms with Crippen LogP contribution in [0.3, 0.4) is 0 Å². The van der Waals surface area contributed by atoms with Gasteiger partial charge in [-0.1, -0.05) is 18.2 Å². The molecular weight excluding hydrogens is 310 g/mol. The summed E-state index contributed by atoms with van der Waals surface area (Å²) < 4.78 is 2.42. The van der Waals surface area contributed by atoms with Crippen molar-refractivity contribution in [3.05, 3.63) is 63.0 Å². The van der Waals surface area contributed by atoms with E-state index in [9.17, 15) is 4.79 Å². The summed E-state index contributed by atoms with van der Waals surface area (Å²) in [6.07, 6.45) is 1.86. The van der Waals surface area contributed by atoms with Crippen LogP contribution in [0, 0.1) is 0 Å². The number of aromatic nitrogens is 1. The number of pyridine rings is 1. The predicted octanol–water partition coefficient (Wildman–Crippen LogP) is 3.50. The third-order valence-electron chi connectivity index (χ3n) is 3.19. The first-order valence-electron chi connectivity index (χ1n) is 5.82. The summed E-state index contributed by atoms with van der Waals surface area (Å²) in [7, 11) is 0. The molecule has 1 aromatic carbocycles. The van der Waals surface area contributed by atoms with Crippen molar-refractivity contribution in [2.24, 2.45) is 0 Å². The largest absolute Gasteiger partial charge is 0.314 e. The summed E-state index contributed by atoms with van der Waals surface area (Å²) in [4.78, 5) is 13.3. The SMILES string of the molecule is O=c1c(Br)cccn1CC1CSc2ccccc21. The Kier molecular flexibility index (Phi) is 3.31. The lowest BCUT2D eigenvalue weighted by Gasteiger charge is -2.13. The number of rotatable bonds is 2. The first-order chi connectivity index (χ1) is 8.75. The first kappa shape index (κ1) is 12.1. The number of hydrogen-bond donors (Lipinski definition) is 0. The molecule has 0 radical (unpaired) electrons. The Balaban J connectivity index is 1.91. The second-order valence-electron chi connectivity index (χ2n) is 4.36. The maximum absolute atomic E-state index is 12.0. The van der Waals surface area contributed by atoms with E-state index in [0.717, 1.165) is 12.3 Å². The smallest absolute Gasteiger partial charge is 0.264 e. The van der Waals surface area contributed by atoms with Gasteiger partial charge in [-0.2, -0.15) is 0 Å². The number of nitrogens with zero attached hydrogens (tertiary/aromatic N) is 1. The minimum atomic E-state index is 0.0480. The molecule has 0 saturated carbocycles. The van der Waals surface area contributed by atoms with Gasteiger partial charge in [0.05, 0.1) is 4.47 Å². The van der Waals surface area contributed by atoms with Gasteiger partial charge in [-0.3, -0.25) is 4.79 Å². The molecule has 1 unspecified atom stereocenters. The van der Waals surface area contributed by atoms with Gasteiger partial charge in [0.25, 0.3) is 5.56 Å². The second-order valence-corrected chi connectivity index (χ2v) is 6.28. The molecule has 1 aliphatic heterocycles. The molecule has 0 bridgehead atoms. The third-order valence-corrected chi connectivity index (χ3v) is 5.05. The van der Waals surface area contributed by atoms with E-state index in [1.54, 1.807) is 10.6 Å². The molecule has 0 amide bonds. The van der Waals surface area contributed by atoms with Crippen molar-refractivity contribution in [2.45, 2.75) is 17.4 Å². The lowest BCUT2D eigenvalue weighted by molar-refractivity contribution is 0.586. The Morgan fingerprint density at radius 1 is 1.28 bits per heavy atom. The Morgan fingerprint density at radius 3 is 3.00 bits per heavy atom. The zero-order valence-corrected chi connectivity index (χ0v) is 12.1. The second kappa shape index (κ2) is 4.94. The molecule has 92 valence electrons. The average molecular weight is 322 g/mol. The van der Waals surface area contributed by atoms with Crippen molar-refractivity contribution in [1.82, 2.24) is 4.57 Å². The van der Waals surface area contributed by atoms with Crippen molar-refractivity contribution in [3.63, 3.8) is 0 Å². The first-order valence-corrected chi connectivity index (χ1v) is 7.60. The maximum atomic E-state index is 12.0. The molecular formula is C14H12BrNOS. The molecule has 18 heavy (non-hydrogen) atoms. The van der Waals surface area contributed by atoms with Gasteiger partial charge in [0, 0.05) is 29.3 Å². The minimum absolute atomic E-state index is 0.0480. The van der Waals surface area contributed by atoms with Crippen LogP contribution in [0.1, 0.15) is 11.5 Å². The lowest BCUT2D eigenvalue weighted by atomic mass is 10.0. The van der Waals surface area contributed by atoms with Gasteiger partial charge in [-0.25, -0.2) is 0 Å². The molecule has 2 heterocycles. The van der Waals surface area contributed by atoms with Crippen molar-refractivity contribution in [1.29, 1.82) is 0 Å². The number of thioether (sulfide) groups is 1. The fourth-order valence-corrected chi connectivity index (χ4v) is 3.89. The molecule has 4 heteroatoms. The Morgan fingerprint density at radius 2 is 2.11 bits per heavy atom. The van der Waals surface area contributed by atoms with Crippen LogP contribution in [0.25, 0.3) is 0 Å². The van der Waals surface area contributed by atoms with Gasteiger partial charge in [-0.05, 0) is 39.7 Å². The predicted molar refractivity (Wildman–Crippen MR) is 78.3 cm³/mol. The normalized spacial score (nSPS) is 17.7. The van der Waals surface area contributed by atoms with Crippen LogP contribution < -0.4 is 5.56 Å². The van der Waals surface area contributed by atoms with Gasteiger partial charge >= 0.3 is 0 Å². The fraction of sp³-hybridized carbons (Fsp3) is 0.214. The van der Waals surface area contributed by atoms with Gasteiger partial charge in [0.1, 0.15) is 0 Å². The van der Waals surface area contributed by atoms with E-state index in [1.165, 1.54) is 10.5 Å². The highest BCUT2D eigenvalue weighted by atomic mass is 79.9. The lowest BCUT2D eigenvalue weighted by Crippen LogP contribution is -2.23. The van der Waals surface area contributed by atoms with Gasteiger partial charge in [-0.15, -0.1) is 11.8 Å². The summed E-state index contributed by atoms with van der Waals surface area (Å²) in [6.45, 7) is 0.752. The number of hydrogen-bond acceptors (Lipinski definition) is 2. The summed E-state index contributed by atoms with van der Waals surface area (Å²) >= 11 is 5.17. The molecule has 1 atom stereocenters. The summed E-state index contributed by atoms with van der Waals surface area (Å²) in [5.41, 5.74) is 1.42.